The van der Waals surface area contributed by atoms with E-state index in [0.717, 1.165) is 31.6 Å². The summed E-state index contributed by atoms with van der Waals surface area (Å²) in [7, 11) is -3.72. The Morgan fingerprint density at radius 2 is 1.59 bits per heavy atom. The largest absolute Gasteiger partial charge is 0.395 e. The van der Waals surface area contributed by atoms with Crippen LogP contribution in [0.15, 0.2) is 30.5 Å². The highest BCUT2D eigenvalue weighted by Crippen LogP contribution is 2.54. The molecule has 1 saturated carbocycles. The normalized spacial score (nSPS) is 19.3. The molecule has 44 heavy (non-hydrogen) atoms. The lowest BCUT2D eigenvalue weighted by Crippen LogP contribution is -2.40. The maximum atomic E-state index is 13.8. The van der Waals surface area contributed by atoms with Crippen molar-refractivity contribution in [2.75, 3.05) is 71.5 Å². The molecule has 0 amide bonds. The number of aromatic nitrogens is 5. The average molecular weight is 634 g/mol. The van der Waals surface area contributed by atoms with Crippen molar-refractivity contribution in [3.63, 3.8) is 0 Å². The number of benzene rings is 1. The van der Waals surface area contributed by atoms with Crippen molar-refractivity contribution in [2.24, 2.45) is 5.41 Å². The molecule has 2 aliphatic heterocycles. The van der Waals surface area contributed by atoms with Crippen LogP contribution in [0.3, 0.4) is 0 Å². The van der Waals surface area contributed by atoms with Gasteiger partial charge in [-0.25, -0.2) is 26.9 Å². The van der Waals surface area contributed by atoms with Crippen LogP contribution in [0.4, 0.5) is 31.9 Å². The first-order chi connectivity index (χ1) is 21.1. The number of piperidine rings is 2. The van der Waals surface area contributed by atoms with E-state index >= 15 is 0 Å². The molecule has 0 radical (unpaired) electrons. The van der Waals surface area contributed by atoms with Crippen LogP contribution in [0.1, 0.15) is 38.5 Å². The fourth-order valence-electron chi connectivity index (χ4n) is 5.80. The zero-order chi connectivity index (χ0) is 31.0. The van der Waals surface area contributed by atoms with Crippen molar-refractivity contribution < 1.29 is 27.4 Å². The minimum atomic E-state index is -3.72. The minimum Gasteiger partial charge on any atom is -0.395 e. The van der Waals surface area contributed by atoms with Gasteiger partial charge >= 0.3 is 0 Å². The van der Waals surface area contributed by atoms with Crippen molar-refractivity contribution >= 4 is 33.2 Å². The Bertz CT molecular complexity index is 1580. The molecule has 4 N–H and O–H groups in total. The number of nitrogens with zero attached hydrogens (tertiary/aromatic N) is 7. The highest BCUT2D eigenvalue weighted by molar-refractivity contribution is 7.92. The molecular formula is C28H37F2N9O4S. The van der Waals surface area contributed by atoms with Crippen molar-refractivity contribution in [3.05, 3.63) is 30.5 Å². The molecule has 2 aromatic heterocycles. The molecule has 4 heterocycles. The Hall–Kier alpha value is -3.63. The molecule has 3 aromatic rings. The van der Waals surface area contributed by atoms with E-state index in [1.54, 1.807) is 40.0 Å². The summed E-state index contributed by atoms with van der Waals surface area (Å²) in [5.41, 5.74) is 3.18. The highest BCUT2D eigenvalue weighted by atomic mass is 32.2. The number of aliphatic hydroxyl groups excluding tert-OH is 2. The number of anilines is 4. The third-order valence-electron chi connectivity index (χ3n) is 8.64. The van der Waals surface area contributed by atoms with Crippen LogP contribution in [-0.4, -0.2) is 101 Å². The molecule has 1 spiro atoms. The van der Waals surface area contributed by atoms with E-state index in [1.807, 2.05) is 0 Å². The van der Waals surface area contributed by atoms with Crippen LogP contribution >= 0.6 is 0 Å². The number of aliphatic hydroxyl groups is 2. The standard InChI is InChI=1S/C28H37F2N9O4S/c29-28(30)7-12-38(13-8-28)26-32-21(18-25(33-26)31-9-14-40)22-19-39(36-34-22)23-2-1-20(35-44(42,43)16-15-41)17-24(23)37-10-5-27(3-4-27)6-11-37/h1-2,17-19,35,40-41H,3-16H2,(H,31,32,33). The second-order valence-electron chi connectivity index (χ2n) is 11.8. The molecule has 3 aliphatic rings. The number of halogens is 2. The Morgan fingerprint density at radius 1 is 0.864 bits per heavy atom. The summed E-state index contributed by atoms with van der Waals surface area (Å²) in [6.07, 6.45) is 5.75. The number of sulfonamides is 1. The lowest BCUT2D eigenvalue weighted by molar-refractivity contribution is -0.0222. The van der Waals surface area contributed by atoms with Gasteiger partial charge in [-0.2, -0.15) is 4.98 Å². The van der Waals surface area contributed by atoms with Crippen molar-refractivity contribution in [3.8, 4) is 17.1 Å². The predicted molar refractivity (Wildman–Crippen MR) is 162 cm³/mol. The molecule has 1 aromatic carbocycles. The van der Waals surface area contributed by atoms with Gasteiger partial charge in [0.25, 0.3) is 5.92 Å². The molecule has 0 atom stereocenters. The van der Waals surface area contributed by atoms with Crippen molar-refractivity contribution in [1.29, 1.82) is 0 Å². The van der Waals surface area contributed by atoms with E-state index in [4.69, 9.17) is 5.11 Å². The summed E-state index contributed by atoms with van der Waals surface area (Å²) in [6, 6.07) is 6.88. The van der Waals surface area contributed by atoms with Gasteiger partial charge in [0.2, 0.25) is 16.0 Å². The summed E-state index contributed by atoms with van der Waals surface area (Å²) in [5, 5.41) is 30.2. The van der Waals surface area contributed by atoms with E-state index in [0.29, 0.717) is 34.0 Å². The topological polar surface area (TPSA) is 162 Å². The zero-order valence-electron chi connectivity index (χ0n) is 24.3. The van der Waals surface area contributed by atoms with E-state index < -0.39 is 28.3 Å². The Kier molecular flexibility index (Phi) is 8.32. The average Bonchev–Trinajstić information content (AvgIpc) is 3.55. The SMILES string of the molecule is O=S(=O)(CCO)Nc1ccc(-n2cc(-c3cc(NCCO)nc(N4CCC(F)(F)CC4)n3)nn2)c(N2CCC3(CC2)CC3)c1. The van der Waals surface area contributed by atoms with Gasteiger partial charge < -0.3 is 25.3 Å². The zero-order valence-corrected chi connectivity index (χ0v) is 25.1. The van der Waals surface area contributed by atoms with Gasteiger partial charge in [-0.3, -0.25) is 4.72 Å². The molecule has 1 aliphatic carbocycles. The van der Waals surface area contributed by atoms with Crippen molar-refractivity contribution in [1.82, 2.24) is 25.0 Å². The summed E-state index contributed by atoms with van der Waals surface area (Å²) < 4.78 is 56.6. The third kappa shape index (κ3) is 6.86. The Labute approximate surface area is 254 Å². The molecule has 6 rings (SSSR count). The number of hydrogen-bond acceptors (Lipinski definition) is 11. The van der Waals surface area contributed by atoms with Crippen LogP contribution in [0.2, 0.25) is 0 Å². The third-order valence-corrected chi connectivity index (χ3v) is 9.91. The minimum absolute atomic E-state index is 0.109. The van der Waals surface area contributed by atoms with E-state index in [1.165, 1.54) is 12.8 Å². The molecule has 238 valence electrons. The molecule has 0 unspecified atom stereocenters. The van der Waals surface area contributed by atoms with E-state index in [-0.39, 0.29) is 45.0 Å². The first-order valence-electron chi connectivity index (χ1n) is 14.9. The Balaban J connectivity index is 1.32. The number of alkyl halides is 2. The second kappa shape index (κ2) is 12.0. The maximum Gasteiger partial charge on any atom is 0.251 e. The lowest BCUT2D eigenvalue weighted by Gasteiger charge is -2.35. The highest BCUT2D eigenvalue weighted by Gasteiger charge is 2.44. The monoisotopic (exact) mass is 633 g/mol. The van der Waals surface area contributed by atoms with Crippen LogP contribution in [0.5, 0.6) is 0 Å². The fourth-order valence-corrected chi connectivity index (χ4v) is 6.63. The first-order valence-corrected chi connectivity index (χ1v) is 16.5. The summed E-state index contributed by atoms with van der Waals surface area (Å²) in [5.74, 6) is -2.41. The van der Waals surface area contributed by atoms with Crippen LogP contribution < -0.4 is 19.8 Å². The van der Waals surface area contributed by atoms with Gasteiger partial charge in [0.15, 0.2) is 0 Å². The summed E-state index contributed by atoms with van der Waals surface area (Å²) in [4.78, 5) is 13.1. The van der Waals surface area contributed by atoms with Gasteiger partial charge in [-0.05, 0) is 49.3 Å². The molecule has 0 bridgehead atoms. The molecular weight excluding hydrogens is 596 g/mol. The first kappa shape index (κ1) is 30.4. The maximum absolute atomic E-state index is 13.8. The second-order valence-corrected chi connectivity index (χ2v) is 13.7. The van der Waals surface area contributed by atoms with Gasteiger partial charge in [-0.1, -0.05) is 5.21 Å². The number of rotatable bonds is 11. The summed E-state index contributed by atoms with van der Waals surface area (Å²) >= 11 is 0. The van der Waals surface area contributed by atoms with Crippen LogP contribution in [-0.2, 0) is 10.0 Å². The van der Waals surface area contributed by atoms with Crippen molar-refractivity contribution in [2.45, 2.75) is 44.4 Å². The molecule has 16 heteroatoms. The van der Waals surface area contributed by atoms with Gasteiger partial charge in [0.1, 0.15) is 11.5 Å². The number of hydrogen-bond donors (Lipinski definition) is 4. The molecule has 3 fully saturated rings. The van der Waals surface area contributed by atoms with Gasteiger partial charge in [0.05, 0.1) is 47.9 Å². The van der Waals surface area contributed by atoms with E-state index in [9.17, 15) is 22.3 Å². The quantitative estimate of drug-likeness (QED) is 0.246. The Morgan fingerprint density at radius 3 is 2.27 bits per heavy atom. The molecule has 13 nitrogen and oxygen atoms in total. The summed E-state index contributed by atoms with van der Waals surface area (Å²) in [6.45, 7) is 1.51. The van der Waals surface area contributed by atoms with E-state index in [2.05, 4.69) is 35.2 Å². The molecule has 2 saturated heterocycles. The van der Waals surface area contributed by atoms with Gasteiger partial charge in [-0.15, -0.1) is 5.10 Å². The fraction of sp³-hybridized carbons (Fsp3) is 0.571. The smallest absolute Gasteiger partial charge is 0.251 e. The van der Waals surface area contributed by atoms with Crippen LogP contribution in [0.25, 0.3) is 17.1 Å². The van der Waals surface area contributed by atoms with Gasteiger partial charge in [0, 0.05) is 51.6 Å². The predicted octanol–water partition coefficient (Wildman–Crippen LogP) is 2.48. The van der Waals surface area contributed by atoms with Crippen LogP contribution in [0, 0.1) is 5.41 Å². The lowest BCUT2D eigenvalue weighted by atomic mass is 9.93. The number of nitrogens with one attached hydrogen (secondary N) is 2.